The summed E-state index contributed by atoms with van der Waals surface area (Å²) < 4.78 is 0.824. The van der Waals surface area contributed by atoms with Gasteiger partial charge in [-0.2, -0.15) is 11.3 Å². The molecule has 1 heterocycles. The minimum absolute atomic E-state index is 0.0675. The molecule has 0 bridgehead atoms. The molecule has 2 N–H and O–H groups in total. The van der Waals surface area contributed by atoms with E-state index in [-0.39, 0.29) is 5.91 Å². The lowest BCUT2D eigenvalue weighted by molar-refractivity contribution is 0.0730. The van der Waals surface area contributed by atoms with Crippen molar-refractivity contribution >= 4 is 38.9 Å². The van der Waals surface area contributed by atoms with Crippen LogP contribution in [0.2, 0.25) is 0 Å². The molecule has 0 atom stereocenters. The molecule has 1 saturated carbocycles. The summed E-state index contributed by atoms with van der Waals surface area (Å²) >= 11 is 5.02. The number of rotatable bonds is 4. The van der Waals surface area contributed by atoms with E-state index in [2.05, 4.69) is 27.4 Å². The molecule has 0 unspecified atom stereocenters. The summed E-state index contributed by atoms with van der Waals surface area (Å²) in [6.45, 7) is 0.684. The molecule has 1 amide bonds. The van der Waals surface area contributed by atoms with Crippen molar-refractivity contribution in [3.8, 4) is 0 Å². The molecule has 1 aliphatic rings. The van der Waals surface area contributed by atoms with Crippen LogP contribution < -0.4 is 5.73 Å². The average Bonchev–Trinajstić information content (AvgIpc) is 3.15. The molecular weight excluding hydrogens is 336 g/mol. The van der Waals surface area contributed by atoms with E-state index in [1.54, 1.807) is 17.4 Å². The van der Waals surface area contributed by atoms with Gasteiger partial charge in [0.15, 0.2) is 0 Å². The number of hydrogen-bond acceptors (Lipinski definition) is 3. The number of benzene rings is 1. The molecule has 3 nitrogen and oxygen atoms in total. The molecule has 2 aromatic rings. The van der Waals surface area contributed by atoms with Gasteiger partial charge < -0.3 is 10.6 Å². The average molecular weight is 351 g/mol. The zero-order valence-corrected chi connectivity index (χ0v) is 13.3. The van der Waals surface area contributed by atoms with E-state index in [1.165, 1.54) is 5.56 Å². The Bertz CT molecular complexity index is 623. The van der Waals surface area contributed by atoms with E-state index in [0.717, 1.165) is 17.3 Å². The maximum Gasteiger partial charge on any atom is 0.254 e. The van der Waals surface area contributed by atoms with Crippen molar-refractivity contribution in [2.75, 3.05) is 5.73 Å². The number of nitrogens with zero attached hydrogens (tertiary/aromatic N) is 1. The van der Waals surface area contributed by atoms with Crippen molar-refractivity contribution in [2.45, 2.75) is 25.4 Å². The number of carbonyl (C=O) groups is 1. The first-order valence-electron chi connectivity index (χ1n) is 6.52. The molecule has 0 saturated heterocycles. The van der Waals surface area contributed by atoms with E-state index >= 15 is 0 Å². The smallest absolute Gasteiger partial charge is 0.254 e. The molecule has 3 rings (SSSR count). The van der Waals surface area contributed by atoms with Gasteiger partial charge in [0.1, 0.15) is 0 Å². The summed E-state index contributed by atoms with van der Waals surface area (Å²) in [6, 6.07) is 7.86. The predicted octanol–water partition coefficient (Wildman–Crippen LogP) is 3.90. The lowest BCUT2D eigenvalue weighted by atomic mass is 10.1. The van der Waals surface area contributed by atoms with Gasteiger partial charge in [0.2, 0.25) is 0 Å². The second kappa shape index (κ2) is 5.58. The third-order valence-corrected chi connectivity index (χ3v) is 4.88. The standard InChI is InChI=1S/C15H15BrN2OS/c16-13-4-1-11(7-14(13)17)15(19)18(12-2-3-12)8-10-5-6-20-9-10/h1,4-7,9,12H,2-3,8,17H2. The minimum Gasteiger partial charge on any atom is -0.398 e. The van der Waals surface area contributed by atoms with Crippen LogP contribution in [0, 0.1) is 0 Å². The first-order valence-corrected chi connectivity index (χ1v) is 8.26. The normalized spacial score (nSPS) is 14.2. The maximum absolute atomic E-state index is 12.7. The summed E-state index contributed by atoms with van der Waals surface area (Å²) in [5, 5.41) is 4.14. The zero-order chi connectivity index (χ0) is 14.1. The van der Waals surface area contributed by atoms with Gasteiger partial charge in [-0.3, -0.25) is 4.79 Å². The topological polar surface area (TPSA) is 46.3 Å². The predicted molar refractivity (Wildman–Crippen MR) is 85.8 cm³/mol. The summed E-state index contributed by atoms with van der Waals surface area (Å²) in [6.07, 6.45) is 2.20. The van der Waals surface area contributed by atoms with Gasteiger partial charge in [0, 0.05) is 28.3 Å². The molecule has 104 valence electrons. The number of amides is 1. The molecule has 0 aliphatic heterocycles. The SMILES string of the molecule is Nc1cc(C(=O)N(Cc2ccsc2)C2CC2)ccc1Br. The van der Waals surface area contributed by atoms with Crippen LogP contribution in [0.25, 0.3) is 0 Å². The van der Waals surface area contributed by atoms with Crippen LogP contribution in [0.4, 0.5) is 5.69 Å². The summed E-state index contributed by atoms with van der Waals surface area (Å²) in [4.78, 5) is 14.6. The lowest BCUT2D eigenvalue weighted by Gasteiger charge is -2.22. The van der Waals surface area contributed by atoms with Gasteiger partial charge in [-0.25, -0.2) is 0 Å². The second-order valence-electron chi connectivity index (χ2n) is 5.03. The van der Waals surface area contributed by atoms with Crippen LogP contribution in [0.1, 0.15) is 28.8 Å². The Morgan fingerprint density at radius 2 is 2.20 bits per heavy atom. The van der Waals surface area contributed by atoms with Crippen molar-refractivity contribution in [1.82, 2.24) is 4.90 Å². The van der Waals surface area contributed by atoms with Gasteiger partial charge in [0.25, 0.3) is 5.91 Å². The monoisotopic (exact) mass is 350 g/mol. The first-order chi connectivity index (χ1) is 9.65. The van der Waals surface area contributed by atoms with Crippen LogP contribution in [0.5, 0.6) is 0 Å². The number of anilines is 1. The lowest BCUT2D eigenvalue weighted by Crippen LogP contribution is -2.32. The maximum atomic E-state index is 12.7. The van der Waals surface area contributed by atoms with Crippen LogP contribution in [0.3, 0.4) is 0 Å². The summed E-state index contributed by atoms with van der Waals surface area (Å²) in [5.41, 5.74) is 8.32. The molecule has 1 aromatic heterocycles. The number of nitrogen functional groups attached to an aromatic ring is 1. The van der Waals surface area contributed by atoms with Crippen LogP contribution in [-0.4, -0.2) is 16.8 Å². The molecule has 1 aromatic carbocycles. The van der Waals surface area contributed by atoms with Gasteiger partial charge in [-0.05, 0) is 69.4 Å². The Morgan fingerprint density at radius 3 is 2.80 bits per heavy atom. The van der Waals surface area contributed by atoms with E-state index in [9.17, 15) is 4.79 Å². The van der Waals surface area contributed by atoms with Gasteiger partial charge in [-0.15, -0.1) is 0 Å². The second-order valence-corrected chi connectivity index (χ2v) is 6.67. The fourth-order valence-electron chi connectivity index (χ4n) is 2.17. The first kappa shape index (κ1) is 13.6. The molecule has 0 radical (unpaired) electrons. The molecular formula is C15H15BrN2OS. The highest BCUT2D eigenvalue weighted by molar-refractivity contribution is 9.10. The van der Waals surface area contributed by atoms with Crippen LogP contribution >= 0.6 is 27.3 Å². The van der Waals surface area contributed by atoms with Crippen molar-refractivity contribution in [1.29, 1.82) is 0 Å². The van der Waals surface area contributed by atoms with Crippen molar-refractivity contribution in [3.63, 3.8) is 0 Å². The highest BCUT2D eigenvalue weighted by Gasteiger charge is 2.33. The largest absolute Gasteiger partial charge is 0.398 e. The fourth-order valence-corrected chi connectivity index (χ4v) is 3.08. The Balaban J connectivity index is 1.83. The van der Waals surface area contributed by atoms with Crippen LogP contribution in [0.15, 0.2) is 39.5 Å². The molecule has 0 spiro atoms. The number of nitrogens with two attached hydrogens (primary N) is 1. The summed E-state index contributed by atoms with van der Waals surface area (Å²) in [5.74, 6) is 0.0675. The fraction of sp³-hybridized carbons (Fsp3) is 0.267. The van der Waals surface area contributed by atoms with Gasteiger partial charge in [0.05, 0.1) is 0 Å². The number of carbonyl (C=O) groups excluding carboxylic acids is 1. The molecule has 20 heavy (non-hydrogen) atoms. The highest BCUT2D eigenvalue weighted by atomic mass is 79.9. The Morgan fingerprint density at radius 1 is 1.40 bits per heavy atom. The van der Waals surface area contributed by atoms with E-state index < -0.39 is 0 Å². The highest BCUT2D eigenvalue weighted by Crippen LogP contribution is 2.31. The third-order valence-electron chi connectivity index (χ3n) is 3.42. The Hall–Kier alpha value is -1.33. The van der Waals surface area contributed by atoms with Crippen LogP contribution in [-0.2, 0) is 6.54 Å². The minimum atomic E-state index is 0.0675. The van der Waals surface area contributed by atoms with E-state index in [4.69, 9.17) is 5.73 Å². The van der Waals surface area contributed by atoms with Crippen molar-refractivity contribution < 1.29 is 4.79 Å². The number of halogens is 1. The van der Waals surface area contributed by atoms with E-state index in [0.29, 0.717) is 23.8 Å². The third kappa shape index (κ3) is 2.88. The molecule has 1 fully saturated rings. The summed E-state index contributed by atoms with van der Waals surface area (Å²) in [7, 11) is 0. The Labute approximate surface area is 130 Å². The van der Waals surface area contributed by atoms with Crippen molar-refractivity contribution in [2.24, 2.45) is 0 Å². The Kier molecular flexibility index (Phi) is 3.81. The van der Waals surface area contributed by atoms with Gasteiger partial charge in [-0.1, -0.05) is 0 Å². The van der Waals surface area contributed by atoms with E-state index in [1.807, 2.05) is 22.4 Å². The number of hydrogen-bond donors (Lipinski definition) is 1. The quantitative estimate of drug-likeness (QED) is 0.850. The number of thiophene rings is 1. The molecule has 5 heteroatoms. The molecule has 1 aliphatic carbocycles. The van der Waals surface area contributed by atoms with Crippen molar-refractivity contribution in [3.05, 3.63) is 50.6 Å². The zero-order valence-electron chi connectivity index (χ0n) is 10.9. The van der Waals surface area contributed by atoms with Gasteiger partial charge >= 0.3 is 0 Å².